The first kappa shape index (κ1) is 20.5. The van der Waals surface area contributed by atoms with E-state index in [0.717, 1.165) is 5.56 Å². The number of nitrogens with one attached hydrogen (secondary N) is 1. The summed E-state index contributed by atoms with van der Waals surface area (Å²) in [6.07, 6.45) is 1.49. The molecule has 1 N–H and O–H groups in total. The molecule has 0 fully saturated rings. The average Bonchev–Trinajstić information content (AvgIpc) is 2.72. The normalized spacial score (nSPS) is 11.6. The van der Waals surface area contributed by atoms with E-state index in [9.17, 15) is 10.1 Å². The molecule has 0 bridgehead atoms. The fourth-order valence-electron chi connectivity index (χ4n) is 2.53. The van der Waals surface area contributed by atoms with E-state index in [1.807, 2.05) is 56.3 Å². The highest BCUT2D eigenvalue weighted by atomic mass is 16.5. The number of rotatable bonds is 8. The van der Waals surface area contributed by atoms with Crippen LogP contribution in [0, 0.1) is 22.7 Å². The molecular weight excluding hydrogens is 354 g/mol. The van der Waals surface area contributed by atoms with Crippen LogP contribution in [0.5, 0.6) is 11.5 Å². The number of amides is 1. The number of carbonyl (C=O) groups is 1. The minimum Gasteiger partial charge on any atom is -0.490 e. The molecule has 0 saturated carbocycles. The summed E-state index contributed by atoms with van der Waals surface area (Å²) in [5.74, 6) is 0.421. The Bertz CT molecular complexity index is 924. The molecule has 0 spiro atoms. The summed E-state index contributed by atoms with van der Waals surface area (Å²) in [5.41, 5.74) is 1.55. The van der Waals surface area contributed by atoms with Gasteiger partial charge in [0.25, 0.3) is 5.91 Å². The van der Waals surface area contributed by atoms with Crippen molar-refractivity contribution < 1.29 is 14.3 Å². The summed E-state index contributed by atoms with van der Waals surface area (Å²) >= 11 is 0. The summed E-state index contributed by atoms with van der Waals surface area (Å²) in [7, 11) is 0. The lowest BCUT2D eigenvalue weighted by atomic mass is 10.1. The Balaban J connectivity index is 2.21. The van der Waals surface area contributed by atoms with E-state index in [0.29, 0.717) is 23.7 Å². The summed E-state index contributed by atoms with van der Waals surface area (Å²) in [6.45, 7) is 4.00. The van der Waals surface area contributed by atoms with Crippen molar-refractivity contribution in [3.8, 4) is 23.6 Å². The van der Waals surface area contributed by atoms with Gasteiger partial charge in [0, 0.05) is 0 Å². The molecule has 6 heteroatoms. The Morgan fingerprint density at radius 3 is 2.54 bits per heavy atom. The largest absolute Gasteiger partial charge is 0.490 e. The molecule has 0 aliphatic rings. The quantitative estimate of drug-likeness (QED) is 0.560. The van der Waals surface area contributed by atoms with Crippen molar-refractivity contribution in [3.05, 3.63) is 65.2 Å². The van der Waals surface area contributed by atoms with Crippen molar-refractivity contribution >= 4 is 12.0 Å². The van der Waals surface area contributed by atoms with Crippen LogP contribution in [-0.2, 0) is 4.79 Å². The zero-order valence-electron chi connectivity index (χ0n) is 15.8. The second-order valence-corrected chi connectivity index (χ2v) is 5.86. The van der Waals surface area contributed by atoms with Crippen LogP contribution >= 0.6 is 0 Å². The van der Waals surface area contributed by atoms with Gasteiger partial charge in [0.2, 0.25) is 0 Å². The maximum absolute atomic E-state index is 12.5. The molecule has 2 rings (SSSR count). The fraction of sp³-hybridized carbons (Fsp3) is 0.227. The Morgan fingerprint density at radius 1 is 1.14 bits per heavy atom. The molecule has 2 aromatic carbocycles. The van der Waals surface area contributed by atoms with Gasteiger partial charge in [-0.15, -0.1) is 0 Å². The molecule has 0 saturated heterocycles. The van der Waals surface area contributed by atoms with E-state index in [1.54, 1.807) is 18.2 Å². The van der Waals surface area contributed by atoms with Crippen LogP contribution in [0.4, 0.5) is 0 Å². The molecule has 0 aliphatic heterocycles. The summed E-state index contributed by atoms with van der Waals surface area (Å²) < 4.78 is 10.8. The molecule has 2 aromatic rings. The molecule has 142 valence electrons. The number of hydrogen-bond donors (Lipinski definition) is 1. The minimum atomic E-state index is -0.457. The van der Waals surface area contributed by atoms with Gasteiger partial charge in [-0.2, -0.15) is 10.5 Å². The zero-order chi connectivity index (χ0) is 20.4. The van der Waals surface area contributed by atoms with Gasteiger partial charge in [-0.1, -0.05) is 36.4 Å². The molecule has 0 aliphatic carbocycles. The maximum atomic E-state index is 12.5. The van der Waals surface area contributed by atoms with Crippen molar-refractivity contribution in [2.75, 3.05) is 13.2 Å². The second-order valence-electron chi connectivity index (χ2n) is 5.86. The average molecular weight is 375 g/mol. The number of nitriles is 2. The minimum absolute atomic E-state index is 0.0177. The van der Waals surface area contributed by atoms with Crippen molar-refractivity contribution in [3.63, 3.8) is 0 Å². The number of carbonyl (C=O) groups excluding carboxylic acids is 1. The molecule has 0 heterocycles. The van der Waals surface area contributed by atoms with Crippen molar-refractivity contribution in [1.29, 1.82) is 10.5 Å². The van der Waals surface area contributed by atoms with Crippen molar-refractivity contribution in [1.82, 2.24) is 5.32 Å². The van der Waals surface area contributed by atoms with Gasteiger partial charge in [-0.05, 0) is 43.2 Å². The van der Waals surface area contributed by atoms with Gasteiger partial charge in [0.05, 0.1) is 12.6 Å². The van der Waals surface area contributed by atoms with E-state index >= 15 is 0 Å². The zero-order valence-corrected chi connectivity index (χ0v) is 15.8. The number of benzene rings is 2. The SMILES string of the molecule is CCOc1cc(/C=C(\C#N)C(=O)N[C@H](C)c2ccccc2)ccc1OCC#N. The topological polar surface area (TPSA) is 95.1 Å². The first-order chi connectivity index (χ1) is 13.6. The molecular formula is C22H21N3O3. The summed E-state index contributed by atoms with van der Waals surface area (Å²) in [6, 6.07) is 18.1. The Labute approximate surface area is 164 Å². The van der Waals surface area contributed by atoms with Gasteiger partial charge < -0.3 is 14.8 Å². The van der Waals surface area contributed by atoms with Gasteiger partial charge in [-0.3, -0.25) is 4.79 Å². The van der Waals surface area contributed by atoms with Crippen molar-refractivity contribution in [2.24, 2.45) is 0 Å². The van der Waals surface area contributed by atoms with Crippen LogP contribution in [0.1, 0.15) is 31.0 Å². The Morgan fingerprint density at radius 2 is 1.89 bits per heavy atom. The molecule has 28 heavy (non-hydrogen) atoms. The van der Waals surface area contributed by atoms with Crippen LogP contribution in [-0.4, -0.2) is 19.1 Å². The molecule has 1 amide bonds. The second kappa shape index (κ2) is 10.4. The van der Waals surface area contributed by atoms with Crippen LogP contribution < -0.4 is 14.8 Å². The van der Waals surface area contributed by atoms with Crippen LogP contribution in [0.15, 0.2) is 54.1 Å². The summed E-state index contributed by atoms with van der Waals surface area (Å²) in [4.78, 5) is 12.5. The first-order valence-corrected chi connectivity index (χ1v) is 8.83. The molecule has 0 radical (unpaired) electrons. The lowest BCUT2D eigenvalue weighted by Gasteiger charge is -2.14. The van der Waals surface area contributed by atoms with Crippen LogP contribution in [0.25, 0.3) is 6.08 Å². The predicted molar refractivity (Wildman–Crippen MR) is 105 cm³/mol. The van der Waals surface area contributed by atoms with Gasteiger partial charge in [0.1, 0.15) is 17.7 Å². The molecule has 0 unspecified atom stereocenters. The van der Waals surface area contributed by atoms with E-state index < -0.39 is 5.91 Å². The molecule has 6 nitrogen and oxygen atoms in total. The number of nitrogens with zero attached hydrogens (tertiary/aromatic N) is 2. The van der Waals surface area contributed by atoms with Crippen LogP contribution in [0.2, 0.25) is 0 Å². The lowest BCUT2D eigenvalue weighted by Crippen LogP contribution is -2.27. The highest BCUT2D eigenvalue weighted by molar-refractivity contribution is 6.01. The van der Waals surface area contributed by atoms with Crippen molar-refractivity contribution in [2.45, 2.75) is 19.9 Å². The standard InChI is InChI=1S/C22H21N3O3/c1-3-27-21-14-17(9-10-20(21)28-12-11-23)13-19(15-24)22(26)25-16(2)18-7-5-4-6-8-18/h4-10,13-14,16H,3,12H2,1-2H3,(H,25,26)/b19-13+/t16-/m1/s1. The van der Waals surface area contributed by atoms with Crippen LogP contribution in [0.3, 0.4) is 0 Å². The number of hydrogen-bond acceptors (Lipinski definition) is 5. The third kappa shape index (κ3) is 5.62. The monoisotopic (exact) mass is 375 g/mol. The first-order valence-electron chi connectivity index (χ1n) is 8.83. The Kier molecular flexibility index (Phi) is 7.63. The lowest BCUT2D eigenvalue weighted by molar-refractivity contribution is -0.117. The smallest absolute Gasteiger partial charge is 0.262 e. The predicted octanol–water partition coefficient (Wildman–Crippen LogP) is 3.77. The van der Waals surface area contributed by atoms with E-state index in [1.165, 1.54) is 6.08 Å². The summed E-state index contributed by atoms with van der Waals surface area (Å²) in [5, 5.41) is 20.9. The van der Waals surface area contributed by atoms with Gasteiger partial charge >= 0.3 is 0 Å². The highest BCUT2D eigenvalue weighted by Crippen LogP contribution is 2.29. The highest BCUT2D eigenvalue weighted by Gasteiger charge is 2.14. The third-order valence-corrected chi connectivity index (χ3v) is 3.88. The number of ether oxygens (including phenoxy) is 2. The van der Waals surface area contributed by atoms with E-state index in [4.69, 9.17) is 14.7 Å². The van der Waals surface area contributed by atoms with Gasteiger partial charge in [0.15, 0.2) is 18.1 Å². The van der Waals surface area contributed by atoms with E-state index in [2.05, 4.69) is 5.32 Å². The third-order valence-electron chi connectivity index (χ3n) is 3.88. The molecule has 0 aromatic heterocycles. The maximum Gasteiger partial charge on any atom is 0.262 e. The Hall–Kier alpha value is -3.77. The van der Waals surface area contributed by atoms with Gasteiger partial charge in [-0.25, -0.2) is 0 Å². The molecule has 1 atom stereocenters. The fourth-order valence-corrected chi connectivity index (χ4v) is 2.53. The van der Waals surface area contributed by atoms with E-state index in [-0.39, 0.29) is 18.2 Å².